The third-order valence-corrected chi connectivity index (χ3v) is 3.92. The minimum Gasteiger partial charge on any atom is -0.392 e. The van der Waals surface area contributed by atoms with Crippen LogP contribution in [0, 0.1) is 0 Å². The number of benzene rings is 2. The Bertz CT molecular complexity index is 774. The Labute approximate surface area is 138 Å². The Morgan fingerprint density at radius 2 is 2.00 bits per heavy atom. The quantitative estimate of drug-likeness (QED) is 0.752. The molecule has 0 saturated heterocycles. The lowest BCUT2D eigenvalue weighted by atomic mass is 10.1. The summed E-state index contributed by atoms with van der Waals surface area (Å²) in [5, 5.41) is 24.3. The molecule has 0 saturated carbocycles. The largest absolute Gasteiger partial charge is 0.392 e. The summed E-state index contributed by atoms with van der Waals surface area (Å²) in [6.45, 7) is 2.04. The number of nitrogens with one attached hydrogen (secondary N) is 1. The monoisotopic (exact) mass is 329 g/mol. The Hall–Kier alpha value is -2.44. The summed E-state index contributed by atoms with van der Waals surface area (Å²) in [7, 11) is 0. The maximum Gasteiger partial charge on any atom is 0.143 e. The number of tetrazole rings is 1. The molecular formula is C16H16ClN5O. The molecule has 2 N–H and O–H groups in total. The van der Waals surface area contributed by atoms with Gasteiger partial charge < -0.3 is 10.4 Å². The number of nitrogens with zero attached hydrogens (tertiary/aromatic N) is 4. The lowest BCUT2D eigenvalue weighted by molar-refractivity contribution is 0.282. The molecule has 2 aromatic carbocycles. The highest BCUT2D eigenvalue weighted by Gasteiger charge is 2.09. The molecule has 0 amide bonds. The van der Waals surface area contributed by atoms with Gasteiger partial charge in [-0.25, -0.2) is 4.68 Å². The van der Waals surface area contributed by atoms with Crippen LogP contribution in [0.4, 0.5) is 5.69 Å². The molecule has 0 aliphatic heterocycles. The molecule has 1 heterocycles. The van der Waals surface area contributed by atoms with Crippen LogP contribution >= 0.6 is 11.6 Å². The summed E-state index contributed by atoms with van der Waals surface area (Å²) in [5.74, 6) is 0. The lowest BCUT2D eigenvalue weighted by Crippen LogP contribution is -2.07. The van der Waals surface area contributed by atoms with Gasteiger partial charge in [-0.2, -0.15) is 0 Å². The maximum absolute atomic E-state index is 9.24. The first-order chi connectivity index (χ1) is 11.2. The van der Waals surface area contributed by atoms with E-state index in [1.807, 2.05) is 37.3 Å². The standard InChI is InChI=1S/C16H16ClN5O/c1-11(19-16-8-12(9-23)2-7-15(16)17)13-3-5-14(6-4-13)22-10-18-20-21-22/h2-8,10-11,19,23H,9H2,1H3. The van der Waals surface area contributed by atoms with Gasteiger partial charge in [0.1, 0.15) is 6.33 Å². The molecule has 3 aromatic rings. The van der Waals surface area contributed by atoms with Crippen LogP contribution in [0.2, 0.25) is 5.02 Å². The summed E-state index contributed by atoms with van der Waals surface area (Å²) < 4.78 is 1.60. The number of rotatable bonds is 5. The van der Waals surface area contributed by atoms with E-state index in [9.17, 15) is 5.11 Å². The van der Waals surface area contributed by atoms with Crippen LogP contribution in [-0.4, -0.2) is 25.3 Å². The van der Waals surface area contributed by atoms with E-state index in [2.05, 4.69) is 20.8 Å². The topological polar surface area (TPSA) is 75.9 Å². The fourth-order valence-corrected chi connectivity index (χ4v) is 2.47. The zero-order chi connectivity index (χ0) is 16.2. The first-order valence-corrected chi connectivity index (χ1v) is 7.54. The van der Waals surface area contributed by atoms with Gasteiger partial charge in [0.2, 0.25) is 0 Å². The zero-order valence-corrected chi connectivity index (χ0v) is 13.3. The average molecular weight is 330 g/mol. The molecule has 3 rings (SSSR count). The molecule has 0 aliphatic carbocycles. The summed E-state index contributed by atoms with van der Waals surface area (Å²) in [6, 6.07) is 13.4. The Balaban J connectivity index is 1.77. The molecule has 0 bridgehead atoms. The number of aliphatic hydroxyl groups excluding tert-OH is 1. The van der Waals surface area contributed by atoms with Crippen molar-refractivity contribution >= 4 is 17.3 Å². The van der Waals surface area contributed by atoms with E-state index in [1.165, 1.54) is 0 Å². The number of halogens is 1. The van der Waals surface area contributed by atoms with Crippen LogP contribution in [0.1, 0.15) is 24.1 Å². The Morgan fingerprint density at radius 1 is 1.22 bits per heavy atom. The van der Waals surface area contributed by atoms with Crippen LogP contribution in [0.3, 0.4) is 0 Å². The SMILES string of the molecule is CC(Nc1cc(CO)ccc1Cl)c1ccc(-n2cnnn2)cc1. The average Bonchev–Trinajstić information content (AvgIpc) is 3.11. The van der Waals surface area contributed by atoms with Gasteiger partial charge in [0.15, 0.2) is 0 Å². The fraction of sp³-hybridized carbons (Fsp3) is 0.188. The Morgan fingerprint density at radius 3 is 2.65 bits per heavy atom. The second-order valence-corrected chi connectivity index (χ2v) is 5.59. The molecule has 118 valence electrons. The molecule has 0 spiro atoms. The van der Waals surface area contributed by atoms with Crippen LogP contribution in [0.5, 0.6) is 0 Å². The van der Waals surface area contributed by atoms with Crippen LogP contribution in [0.25, 0.3) is 5.69 Å². The van der Waals surface area contributed by atoms with Crippen molar-refractivity contribution in [3.63, 3.8) is 0 Å². The maximum atomic E-state index is 9.24. The molecular weight excluding hydrogens is 314 g/mol. The van der Waals surface area contributed by atoms with Crippen LogP contribution in [0.15, 0.2) is 48.8 Å². The fourth-order valence-electron chi connectivity index (χ4n) is 2.29. The van der Waals surface area contributed by atoms with E-state index in [0.29, 0.717) is 5.02 Å². The van der Waals surface area contributed by atoms with E-state index in [4.69, 9.17) is 11.6 Å². The van der Waals surface area contributed by atoms with Gasteiger partial charge in [-0.3, -0.25) is 0 Å². The van der Waals surface area contributed by atoms with Gasteiger partial charge >= 0.3 is 0 Å². The van der Waals surface area contributed by atoms with Gasteiger partial charge in [-0.15, -0.1) is 5.10 Å². The third-order valence-electron chi connectivity index (χ3n) is 3.59. The predicted octanol–water partition coefficient (Wildman–Crippen LogP) is 2.98. The third kappa shape index (κ3) is 3.49. The van der Waals surface area contributed by atoms with Gasteiger partial charge in [0.25, 0.3) is 0 Å². The van der Waals surface area contributed by atoms with Crippen molar-refractivity contribution in [2.24, 2.45) is 0 Å². The van der Waals surface area contributed by atoms with Gasteiger partial charge in [0.05, 0.1) is 23.0 Å². The predicted molar refractivity (Wildman–Crippen MR) is 88.6 cm³/mol. The highest BCUT2D eigenvalue weighted by Crippen LogP contribution is 2.27. The molecule has 1 atom stereocenters. The summed E-state index contributed by atoms with van der Waals surface area (Å²) in [5.41, 5.74) is 3.62. The molecule has 1 aromatic heterocycles. The smallest absolute Gasteiger partial charge is 0.143 e. The number of hydrogen-bond acceptors (Lipinski definition) is 5. The molecule has 23 heavy (non-hydrogen) atoms. The lowest BCUT2D eigenvalue weighted by Gasteiger charge is -2.18. The number of anilines is 1. The van der Waals surface area contributed by atoms with E-state index < -0.39 is 0 Å². The van der Waals surface area contributed by atoms with Crippen LogP contribution < -0.4 is 5.32 Å². The minimum atomic E-state index is -0.0130. The second-order valence-electron chi connectivity index (χ2n) is 5.18. The van der Waals surface area contributed by atoms with Crippen molar-refractivity contribution in [3.05, 3.63) is 64.9 Å². The summed E-state index contributed by atoms with van der Waals surface area (Å²) in [6.07, 6.45) is 1.55. The Kier molecular flexibility index (Phi) is 4.55. The van der Waals surface area contributed by atoms with E-state index in [0.717, 1.165) is 22.5 Å². The van der Waals surface area contributed by atoms with Crippen molar-refractivity contribution in [1.29, 1.82) is 0 Å². The van der Waals surface area contributed by atoms with Gasteiger partial charge in [-0.1, -0.05) is 29.8 Å². The number of aliphatic hydroxyl groups is 1. The first-order valence-electron chi connectivity index (χ1n) is 7.16. The van der Waals surface area contributed by atoms with Crippen molar-refractivity contribution in [3.8, 4) is 5.69 Å². The first kappa shape index (κ1) is 15.5. The van der Waals surface area contributed by atoms with E-state index >= 15 is 0 Å². The number of aromatic nitrogens is 4. The van der Waals surface area contributed by atoms with E-state index in [-0.39, 0.29) is 12.6 Å². The normalized spacial score (nSPS) is 12.1. The molecule has 7 heteroatoms. The summed E-state index contributed by atoms with van der Waals surface area (Å²) in [4.78, 5) is 0. The van der Waals surface area contributed by atoms with Crippen molar-refractivity contribution in [2.45, 2.75) is 19.6 Å². The molecule has 0 aliphatic rings. The van der Waals surface area contributed by atoms with Crippen molar-refractivity contribution < 1.29 is 5.11 Å². The second kappa shape index (κ2) is 6.76. The molecule has 0 fully saturated rings. The highest BCUT2D eigenvalue weighted by molar-refractivity contribution is 6.33. The van der Waals surface area contributed by atoms with Crippen LogP contribution in [-0.2, 0) is 6.61 Å². The molecule has 1 unspecified atom stereocenters. The molecule has 0 radical (unpaired) electrons. The minimum absolute atomic E-state index is 0.0130. The zero-order valence-electron chi connectivity index (χ0n) is 12.5. The van der Waals surface area contributed by atoms with Gasteiger partial charge in [0, 0.05) is 6.04 Å². The summed E-state index contributed by atoms with van der Waals surface area (Å²) >= 11 is 6.21. The molecule has 6 nitrogen and oxygen atoms in total. The van der Waals surface area contributed by atoms with Crippen molar-refractivity contribution in [2.75, 3.05) is 5.32 Å². The number of hydrogen-bond donors (Lipinski definition) is 2. The van der Waals surface area contributed by atoms with E-state index in [1.54, 1.807) is 23.1 Å². The van der Waals surface area contributed by atoms with Gasteiger partial charge in [-0.05, 0) is 52.7 Å². The van der Waals surface area contributed by atoms with Crippen molar-refractivity contribution in [1.82, 2.24) is 20.2 Å². The highest BCUT2D eigenvalue weighted by atomic mass is 35.5.